The van der Waals surface area contributed by atoms with E-state index >= 15 is 0 Å². The van der Waals surface area contributed by atoms with Crippen LogP contribution in [0.5, 0.6) is 0 Å². The van der Waals surface area contributed by atoms with Crippen LogP contribution in [0.2, 0.25) is 0 Å². The maximum atomic E-state index is 12.1. The molecular weight excluding hydrogens is 310 g/mol. The van der Waals surface area contributed by atoms with Crippen LogP contribution in [0, 0.1) is 11.3 Å². The van der Waals surface area contributed by atoms with Crippen LogP contribution in [-0.2, 0) is 4.74 Å². The summed E-state index contributed by atoms with van der Waals surface area (Å²) in [7, 11) is 0. The number of carbonyl (C=O) groups is 2. The summed E-state index contributed by atoms with van der Waals surface area (Å²) < 4.78 is 5.33. The van der Waals surface area contributed by atoms with Crippen LogP contribution < -0.4 is 5.43 Å². The second-order valence-corrected chi connectivity index (χ2v) is 6.44. The topological polar surface area (TPSA) is 98.6 Å². The second-order valence-electron chi connectivity index (χ2n) is 6.44. The molecule has 8 heteroatoms. The minimum atomic E-state index is -0.524. The predicted molar refractivity (Wildman–Crippen MR) is 85.8 cm³/mol. The summed E-state index contributed by atoms with van der Waals surface area (Å²) in [5, 5.41) is 10.5. The van der Waals surface area contributed by atoms with Gasteiger partial charge in [-0.15, -0.1) is 0 Å². The maximum absolute atomic E-state index is 12.1. The van der Waals surface area contributed by atoms with Gasteiger partial charge in [0, 0.05) is 32.4 Å². The molecule has 1 aliphatic rings. The number of nitrogens with zero attached hydrogens (tertiary/aromatic N) is 4. The lowest BCUT2D eigenvalue weighted by Crippen LogP contribution is -2.55. The van der Waals surface area contributed by atoms with Gasteiger partial charge in [0.2, 0.25) is 0 Å². The number of pyridine rings is 1. The van der Waals surface area contributed by atoms with Crippen molar-refractivity contribution in [3.63, 3.8) is 0 Å². The summed E-state index contributed by atoms with van der Waals surface area (Å²) in [6, 6.07) is 5.00. The lowest BCUT2D eigenvalue weighted by Gasteiger charge is -2.35. The van der Waals surface area contributed by atoms with E-state index in [0.717, 1.165) is 0 Å². The van der Waals surface area contributed by atoms with Crippen molar-refractivity contribution in [1.82, 2.24) is 20.3 Å². The molecule has 2 rings (SSSR count). The van der Waals surface area contributed by atoms with Gasteiger partial charge < -0.3 is 9.64 Å². The number of hydrogen-bond donors (Lipinski definition) is 1. The van der Waals surface area contributed by atoms with E-state index in [0.29, 0.717) is 31.7 Å². The van der Waals surface area contributed by atoms with Crippen molar-refractivity contribution in [3.05, 3.63) is 29.6 Å². The highest BCUT2D eigenvalue weighted by atomic mass is 16.6. The number of nitrogens with one attached hydrogen (secondary N) is 1. The van der Waals surface area contributed by atoms with Gasteiger partial charge in [0.25, 0.3) is 5.91 Å². The van der Waals surface area contributed by atoms with Crippen molar-refractivity contribution in [2.24, 2.45) is 0 Å². The Labute approximate surface area is 141 Å². The van der Waals surface area contributed by atoms with Crippen LogP contribution in [0.25, 0.3) is 0 Å². The molecule has 2 amide bonds. The zero-order chi connectivity index (χ0) is 17.7. The Hall–Kier alpha value is -2.66. The standard InChI is InChI=1S/C16H21N5O3/c1-16(2,3)24-15(23)20-6-8-21(9-7-20)19-14(22)13-5-4-12(10-17)11-18-13/h4-5,11H,6-9H2,1-3H3,(H,19,22). The third kappa shape index (κ3) is 4.93. The van der Waals surface area contributed by atoms with E-state index in [1.807, 2.05) is 26.8 Å². The minimum absolute atomic E-state index is 0.239. The molecule has 0 unspecified atom stereocenters. The molecule has 1 N–H and O–H groups in total. The number of nitriles is 1. The van der Waals surface area contributed by atoms with Crippen LogP contribution >= 0.6 is 0 Å². The fourth-order valence-electron chi connectivity index (χ4n) is 2.12. The quantitative estimate of drug-likeness (QED) is 0.873. The van der Waals surface area contributed by atoms with Crippen LogP contribution in [0.4, 0.5) is 4.79 Å². The SMILES string of the molecule is CC(C)(C)OC(=O)N1CCN(NC(=O)c2ccc(C#N)cn2)CC1. The summed E-state index contributed by atoms with van der Waals surface area (Å²) in [5.74, 6) is -0.342. The van der Waals surface area contributed by atoms with E-state index in [1.54, 1.807) is 16.0 Å². The highest BCUT2D eigenvalue weighted by molar-refractivity contribution is 5.91. The largest absolute Gasteiger partial charge is 0.444 e. The van der Waals surface area contributed by atoms with Gasteiger partial charge in [-0.3, -0.25) is 10.2 Å². The molecule has 0 aliphatic carbocycles. The highest BCUT2D eigenvalue weighted by Crippen LogP contribution is 2.11. The molecule has 8 nitrogen and oxygen atoms in total. The first-order valence-electron chi connectivity index (χ1n) is 7.68. The fourth-order valence-corrected chi connectivity index (χ4v) is 2.12. The Balaban J connectivity index is 1.83. The van der Waals surface area contributed by atoms with Gasteiger partial charge in [0.1, 0.15) is 17.4 Å². The average molecular weight is 331 g/mol. The van der Waals surface area contributed by atoms with Crippen molar-refractivity contribution in [3.8, 4) is 6.07 Å². The fraction of sp³-hybridized carbons (Fsp3) is 0.500. The molecule has 24 heavy (non-hydrogen) atoms. The van der Waals surface area contributed by atoms with E-state index in [1.165, 1.54) is 12.3 Å². The monoisotopic (exact) mass is 331 g/mol. The van der Waals surface area contributed by atoms with Gasteiger partial charge in [-0.05, 0) is 32.9 Å². The summed E-state index contributed by atoms with van der Waals surface area (Å²) in [4.78, 5) is 29.7. The zero-order valence-electron chi connectivity index (χ0n) is 14.1. The van der Waals surface area contributed by atoms with Gasteiger partial charge in [-0.2, -0.15) is 5.26 Å². The first-order valence-corrected chi connectivity index (χ1v) is 7.68. The Kier molecular flexibility index (Phi) is 5.36. The first kappa shape index (κ1) is 17.7. The van der Waals surface area contributed by atoms with E-state index in [2.05, 4.69) is 10.4 Å². The molecule has 1 aromatic rings. The van der Waals surface area contributed by atoms with E-state index in [-0.39, 0.29) is 17.7 Å². The second kappa shape index (κ2) is 7.27. The third-order valence-corrected chi connectivity index (χ3v) is 3.32. The third-order valence-electron chi connectivity index (χ3n) is 3.32. The number of aromatic nitrogens is 1. The summed E-state index contributed by atoms with van der Waals surface area (Å²) in [6.45, 7) is 7.42. The molecule has 1 saturated heterocycles. The number of hydrogen-bond acceptors (Lipinski definition) is 6. The van der Waals surface area contributed by atoms with Crippen molar-refractivity contribution in [2.75, 3.05) is 26.2 Å². The lowest BCUT2D eigenvalue weighted by atomic mass is 10.2. The minimum Gasteiger partial charge on any atom is -0.444 e. The molecule has 1 aliphatic heterocycles. The number of ether oxygens (including phenoxy) is 1. The molecule has 0 aromatic carbocycles. The molecular formula is C16H21N5O3. The molecule has 1 aromatic heterocycles. The number of hydrazine groups is 1. The Morgan fingerprint density at radius 3 is 2.42 bits per heavy atom. The highest BCUT2D eigenvalue weighted by Gasteiger charge is 2.26. The molecule has 1 fully saturated rings. The van der Waals surface area contributed by atoms with Crippen LogP contribution in [0.1, 0.15) is 36.8 Å². The van der Waals surface area contributed by atoms with Crippen molar-refractivity contribution < 1.29 is 14.3 Å². The van der Waals surface area contributed by atoms with Crippen LogP contribution in [0.3, 0.4) is 0 Å². The first-order chi connectivity index (χ1) is 11.3. The molecule has 0 spiro atoms. The molecule has 0 saturated carbocycles. The van der Waals surface area contributed by atoms with Crippen LogP contribution in [-0.4, -0.2) is 58.7 Å². The Morgan fingerprint density at radius 1 is 1.25 bits per heavy atom. The molecule has 0 atom stereocenters. The molecule has 2 heterocycles. The Bertz CT molecular complexity index is 637. The zero-order valence-corrected chi connectivity index (χ0v) is 14.1. The number of amides is 2. The van der Waals surface area contributed by atoms with Gasteiger partial charge in [-0.1, -0.05) is 0 Å². The van der Waals surface area contributed by atoms with Gasteiger partial charge in [-0.25, -0.2) is 14.8 Å². The predicted octanol–water partition coefficient (Wildman–Crippen LogP) is 1.15. The Morgan fingerprint density at radius 2 is 1.92 bits per heavy atom. The molecule has 0 radical (unpaired) electrons. The van der Waals surface area contributed by atoms with Gasteiger partial charge in [0.05, 0.1) is 5.56 Å². The molecule has 128 valence electrons. The smallest absolute Gasteiger partial charge is 0.410 e. The normalized spacial score (nSPS) is 15.5. The van der Waals surface area contributed by atoms with Crippen LogP contribution in [0.15, 0.2) is 18.3 Å². The average Bonchev–Trinajstić information content (AvgIpc) is 2.54. The number of rotatable bonds is 2. The summed E-state index contributed by atoms with van der Waals surface area (Å²) >= 11 is 0. The van der Waals surface area contributed by atoms with Gasteiger partial charge in [0.15, 0.2) is 0 Å². The van der Waals surface area contributed by atoms with E-state index in [4.69, 9.17) is 10.00 Å². The maximum Gasteiger partial charge on any atom is 0.410 e. The van der Waals surface area contributed by atoms with E-state index in [9.17, 15) is 9.59 Å². The van der Waals surface area contributed by atoms with Crippen molar-refractivity contribution in [1.29, 1.82) is 5.26 Å². The van der Waals surface area contributed by atoms with Crippen molar-refractivity contribution >= 4 is 12.0 Å². The van der Waals surface area contributed by atoms with Crippen molar-refractivity contribution in [2.45, 2.75) is 26.4 Å². The number of carbonyl (C=O) groups excluding carboxylic acids is 2. The summed E-state index contributed by atoms with van der Waals surface area (Å²) in [5.41, 5.74) is 2.87. The van der Waals surface area contributed by atoms with Gasteiger partial charge >= 0.3 is 6.09 Å². The van der Waals surface area contributed by atoms with E-state index < -0.39 is 5.60 Å². The number of piperazine rings is 1. The summed E-state index contributed by atoms with van der Waals surface area (Å²) in [6.07, 6.45) is 1.01. The lowest BCUT2D eigenvalue weighted by molar-refractivity contribution is 0.00971. The molecule has 0 bridgehead atoms.